The number of aryl methyl sites for hydroxylation is 1. The highest BCUT2D eigenvalue weighted by atomic mass is 32.1. The number of nitrogens with one attached hydrogen (secondary N) is 1. The molecule has 0 fully saturated rings. The maximum atomic E-state index is 13.1. The lowest BCUT2D eigenvalue weighted by Crippen LogP contribution is -2.38. The number of halogens is 3. The summed E-state index contributed by atoms with van der Waals surface area (Å²) in [7, 11) is 1.54. The monoisotopic (exact) mass is 447 g/mol. The highest BCUT2D eigenvalue weighted by molar-refractivity contribution is 7.13. The van der Waals surface area contributed by atoms with Crippen LogP contribution in [-0.2, 0) is 6.18 Å². The molecular formula is C21H16F3N3O3S. The lowest BCUT2D eigenvalue weighted by Gasteiger charge is -2.12. The summed E-state index contributed by atoms with van der Waals surface area (Å²) in [6, 6.07) is 10.4. The van der Waals surface area contributed by atoms with Crippen LogP contribution in [0.2, 0.25) is 0 Å². The summed E-state index contributed by atoms with van der Waals surface area (Å²) in [4.78, 5) is 26.8. The van der Waals surface area contributed by atoms with Gasteiger partial charge in [0.05, 0.1) is 23.2 Å². The fourth-order valence-electron chi connectivity index (χ4n) is 3.41. The van der Waals surface area contributed by atoms with Crippen molar-refractivity contribution in [2.24, 2.45) is 0 Å². The smallest absolute Gasteiger partial charge is 0.431 e. The molecule has 0 aliphatic rings. The van der Waals surface area contributed by atoms with Crippen molar-refractivity contribution >= 4 is 21.6 Å². The van der Waals surface area contributed by atoms with Gasteiger partial charge in [-0.25, -0.2) is 9.36 Å². The Hall–Kier alpha value is -3.40. The molecule has 0 aliphatic heterocycles. The molecule has 0 spiro atoms. The second-order valence-electron chi connectivity index (χ2n) is 6.98. The quantitative estimate of drug-likeness (QED) is 0.504. The standard InChI is InChI=1S/C21H16F3N3O3S/c1-10-4-6-15(30-3)13(8-10)17-14-9-12(5-7-16(14)31-26-17)27-19(28)11(2)18(21(22,23)24)25-20(27)29/h4-9H,1-3H3,(H,25,29). The van der Waals surface area contributed by atoms with Gasteiger partial charge in [-0.1, -0.05) is 11.6 Å². The van der Waals surface area contributed by atoms with Gasteiger partial charge in [0.1, 0.15) is 11.4 Å². The van der Waals surface area contributed by atoms with Crippen molar-refractivity contribution in [3.63, 3.8) is 0 Å². The highest BCUT2D eigenvalue weighted by Gasteiger charge is 2.35. The minimum absolute atomic E-state index is 0.142. The largest absolute Gasteiger partial charge is 0.496 e. The van der Waals surface area contributed by atoms with Gasteiger partial charge in [0, 0.05) is 16.5 Å². The third kappa shape index (κ3) is 3.52. The predicted molar refractivity (Wildman–Crippen MR) is 112 cm³/mol. The first-order valence-electron chi connectivity index (χ1n) is 9.09. The van der Waals surface area contributed by atoms with Gasteiger partial charge in [0.25, 0.3) is 5.56 Å². The van der Waals surface area contributed by atoms with Crippen LogP contribution in [0.15, 0.2) is 46.0 Å². The minimum Gasteiger partial charge on any atom is -0.496 e. The van der Waals surface area contributed by atoms with Crippen molar-refractivity contribution < 1.29 is 17.9 Å². The molecule has 0 atom stereocenters. The van der Waals surface area contributed by atoms with Crippen LogP contribution in [0.1, 0.15) is 16.8 Å². The normalized spacial score (nSPS) is 11.8. The van der Waals surface area contributed by atoms with Crippen LogP contribution in [0.3, 0.4) is 0 Å². The summed E-state index contributed by atoms with van der Waals surface area (Å²) in [6.07, 6.45) is -4.84. The van der Waals surface area contributed by atoms with Gasteiger partial charge < -0.3 is 9.72 Å². The van der Waals surface area contributed by atoms with Crippen molar-refractivity contribution in [2.45, 2.75) is 20.0 Å². The average Bonchev–Trinajstić information content (AvgIpc) is 3.13. The van der Waals surface area contributed by atoms with Crippen molar-refractivity contribution in [3.8, 4) is 22.7 Å². The molecule has 10 heteroatoms. The van der Waals surface area contributed by atoms with E-state index in [0.29, 0.717) is 21.4 Å². The molecule has 31 heavy (non-hydrogen) atoms. The molecule has 1 N–H and O–H groups in total. The number of hydrogen-bond donors (Lipinski definition) is 1. The Kier molecular flexibility index (Phi) is 4.97. The lowest BCUT2D eigenvalue weighted by molar-refractivity contribution is -0.142. The van der Waals surface area contributed by atoms with Crippen LogP contribution in [-0.4, -0.2) is 21.0 Å². The zero-order chi connectivity index (χ0) is 22.5. The van der Waals surface area contributed by atoms with Crippen LogP contribution in [0.5, 0.6) is 5.75 Å². The van der Waals surface area contributed by atoms with E-state index in [4.69, 9.17) is 4.74 Å². The molecule has 2 heterocycles. The summed E-state index contributed by atoms with van der Waals surface area (Å²) in [5, 5.41) is 0.648. The average molecular weight is 447 g/mol. The Labute approximate surface area is 177 Å². The highest BCUT2D eigenvalue weighted by Crippen LogP contribution is 2.37. The number of hydrogen-bond acceptors (Lipinski definition) is 5. The zero-order valence-electron chi connectivity index (χ0n) is 16.6. The molecule has 2 aromatic carbocycles. The molecule has 6 nitrogen and oxygen atoms in total. The third-order valence-electron chi connectivity index (χ3n) is 4.94. The van der Waals surface area contributed by atoms with Crippen molar-refractivity contribution in [1.82, 2.24) is 13.9 Å². The SMILES string of the molecule is COc1ccc(C)cc1-c1nsc2ccc(-n3c(=O)[nH]c(C(F)(F)F)c(C)c3=O)cc12. The van der Waals surface area contributed by atoms with E-state index in [2.05, 4.69) is 4.37 Å². The maximum Gasteiger partial charge on any atom is 0.431 e. The molecule has 0 saturated carbocycles. The molecule has 0 amide bonds. The second kappa shape index (κ2) is 7.38. The van der Waals surface area contributed by atoms with Gasteiger partial charge in [0.15, 0.2) is 0 Å². The van der Waals surface area contributed by atoms with Crippen LogP contribution in [0.4, 0.5) is 13.2 Å². The summed E-state index contributed by atoms with van der Waals surface area (Å²) >= 11 is 1.23. The maximum absolute atomic E-state index is 13.1. The molecule has 160 valence electrons. The molecule has 4 aromatic rings. The van der Waals surface area contributed by atoms with E-state index in [1.807, 2.05) is 25.1 Å². The molecule has 0 radical (unpaired) electrons. The molecule has 0 bridgehead atoms. The predicted octanol–water partition coefficient (Wildman–Crippen LogP) is 4.45. The van der Waals surface area contributed by atoms with Crippen LogP contribution < -0.4 is 16.0 Å². The molecule has 4 rings (SSSR count). The first-order valence-corrected chi connectivity index (χ1v) is 9.87. The number of nitrogens with zero attached hydrogens (tertiary/aromatic N) is 2. The van der Waals surface area contributed by atoms with Crippen molar-refractivity contribution in [1.29, 1.82) is 0 Å². The van der Waals surface area contributed by atoms with E-state index in [9.17, 15) is 22.8 Å². The summed E-state index contributed by atoms with van der Waals surface area (Å²) in [5.41, 5.74) is -1.68. The van der Waals surface area contributed by atoms with Gasteiger partial charge in [-0.05, 0) is 55.7 Å². The molecule has 0 unspecified atom stereocenters. The Morgan fingerprint density at radius 2 is 1.84 bits per heavy atom. The summed E-state index contributed by atoms with van der Waals surface area (Å²) < 4.78 is 50.8. The van der Waals surface area contributed by atoms with E-state index in [1.165, 1.54) is 24.7 Å². The van der Waals surface area contributed by atoms with Crippen LogP contribution in [0, 0.1) is 13.8 Å². The zero-order valence-corrected chi connectivity index (χ0v) is 17.4. The lowest BCUT2D eigenvalue weighted by atomic mass is 10.0. The Balaban J connectivity index is 1.96. The number of benzene rings is 2. The van der Waals surface area contributed by atoms with Crippen LogP contribution in [0.25, 0.3) is 27.0 Å². The number of ether oxygens (including phenoxy) is 1. The van der Waals surface area contributed by atoms with Gasteiger partial charge in [-0.2, -0.15) is 17.5 Å². The van der Waals surface area contributed by atoms with Crippen molar-refractivity contribution in [3.05, 3.63) is 74.1 Å². The number of aromatic amines is 1. The molecule has 0 aliphatic carbocycles. The number of fused-ring (bicyclic) bond motifs is 1. The fraction of sp³-hybridized carbons (Fsp3) is 0.190. The van der Waals surface area contributed by atoms with E-state index in [0.717, 1.165) is 22.8 Å². The molecule has 0 saturated heterocycles. The van der Waals surface area contributed by atoms with Gasteiger partial charge >= 0.3 is 11.9 Å². The fourth-order valence-corrected chi connectivity index (χ4v) is 4.18. The number of methoxy groups -OCH3 is 1. The van der Waals surface area contributed by atoms with Gasteiger partial charge in [-0.3, -0.25) is 4.79 Å². The number of alkyl halides is 3. The molecule has 2 aromatic heterocycles. The number of rotatable bonds is 3. The first kappa shape index (κ1) is 20.9. The van der Waals surface area contributed by atoms with E-state index >= 15 is 0 Å². The first-order chi connectivity index (χ1) is 14.6. The Morgan fingerprint density at radius 1 is 1.10 bits per heavy atom. The van der Waals surface area contributed by atoms with Crippen LogP contribution >= 0.6 is 11.5 Å². The molecular weight excluding hydrogens is 431 g/mol. The van der Waals surface area contributed by atoms with E-state index < -0.39 is 28.7 Å². The minimum atomic E-state index is -4.84. The van der Waals surface area contributed by atoms with E-state index in [-0.39, 0.29) is 5.69 Å². The second-order valence-corrected chi connectivity index (χ2v) is 7.79. The van der Waals surface area contributed by atoms with Crippen molar-refractivity contribution in [2.75, 3.05) is 7.11 Å². The Bertz CT molecular complexity index is 1430. The summed E-state index contributed by atoms with van der Waals surface area (Å²) in [6.45, 7) is 2.96. The summed E-state index contributed by atoms with van der Waals surface area (Å²) in [5.74, 6) is 0.601. The Morgan fingerprint density at radius 3 is 2.52 bits per heavy atom. The van der Waals surface area contributed by atoms with Gasteiger partial charge in [0.2, 0.25) is 0 Å². The van der Waals surface area contributed by atoms with Gasteiger partial charge in [-0.15, -0.1) is 0 Å². The van der Waals surface area contributed by atoms with E-state index in [1.54, 1.807) is 17.1 Å². The number of H-pyrrole nitrogens is 1. The number of aromatic nitrogens is 3. The third-order valence-corrected chi connectivity index (χ3v) is 5.77. The topological polar surface area (TPSA) is 77.0 Å².